The molecule has 0 fully saturated rings. The summed E-state index contributed by atoms with van der Waals surface area (Å²) < 4.78 is 48.0. The molecule has 0 aromatic rings. The molecule has 308 valence electrons. The second-order valence-corrected chi connectivity index (χ2v) is 15.5. The second-order valence-electron chi connectivity index (χ2n) is 14.0. The molecular weight excluding hydrogens is 695 g/mol. The fourth-order valence-electron chi connectivity index (χ4n) is 5.68. The van der Waals surface area contributed by atoms with E-state index in [0.29, 0.717) is 16.7 Å². The third-order valence-electron chi connectivity index (χ3n) is 9.15. The summed E-state index contributed by atoms with van der Waals surface area (Å²) in [6, 6.07) is 0. The normalized spacial score (nSPS) is 14.0. The van der Waals surface area contributed by atoms with Crippen molar-refractivity contribution in [2.45, 2.75) is 218 Å². The molecule has 0 aliphatic heterocycles. The summed E-state index contributed by atoms with van der Waals surface area (Å²) in [7, 11) is -4.70. The minimum atomic E-state index is -4.70. The highest BCUT2D eigenvalue weighted by molar-refractivity contribution is 7.48. The number of carbonyl (C=O) groups is 3. The fourth-order valence-corrected chi connectivity index (χ4v) is 7.04. The molecule has 0 aromatic heterocycles. The van der Waals surface area contributed by atoms with Crippen molar-refractivity contribution in [1.82, 2.24) is 0 Å². The van der Waals surface area contributed by atoms with E-state index in [9.17, 15) is 18.9 Å². The van der Waals surface area contributed by atoms with Crippen molar-refractivity contribution in [3.63, 3.8) is 0 Å². The summed E-state index contributed by atoms with van der Waals surface area (Å²) in [6.07, 6.45) is 12.1. The molecular formula is C42H75O10P. The first-order valence-corrected chi connectivity index (χ1v) is 21.9. The number of phosphoric ester groups is 1. The van der Waals surface area contributed by atoms with Gasteiger partial charge in [0.1, 0.15) is 0 Å². The van der Waals surface area contributed by atoms with Crippen LogP contribution in [0.25, 0.3) is 0 Å². The zero-order chi connectivity index (χ0) is 40.4. The van der Waals surface area contributed by atoms with Gasteiger partial charge >= 0.3 is 25.7 Å². The number of unbranched alkanes of at least 4 members (excludes halogenated alkanes) is 6. The molecule has 0 saturated carbocycles. The minimum absolute atomic E-state index is 0.483. The Hall–Kier alpha value is -2.26. The Morgan fingerprint density at radius 1 is 0.415 bits per heavy atom. The number of carbonyl (C=O) groups excluding carboxylic acids is 3. The molecule has 3 atom stereocenters. The Morgan fingerprint density at radius 2 is 0.604 bits per heavy atom. The SMILES string of the molecule is CCCCC(CCCC)=C(C)C(=O)OC(C)OP(=O)(OC(C)OC(=O)C(C)=C(CCCC)CCCC)OC(C)OC(=O)C(C)=C(CCCC)CCCC. The lowest BCUT2D eigenvalue weighted by molar-refractivity contribution is -0.174. The van der Waals surface area contributed by atoms with Crippen LogP contribution in [0.15, 0.2) is 33.4 Å². The molecule has 0 aromatic carbocycles. The van der Waals surface area contributed by atoms with Crippen molar-refractivity contribution < 1.29 is 46.7 Å². The van der Waals surface area contributed by atoms with Gasteiger partial charge in [-0.3, -0.25) is 0 Å². The predicted molar refractivity (Wildman–Crippen MR) is 213 cm³/mol. The zero-order valence-corrected chi connectivity index (χ0v) is 36.4. The van der Waals surface area contributed by atoms with Crippen molar-refractivity contribution in [3.05, 3.63) is 33.4 Å². The van der Waals surface area contributed by atoms with Crippen LogP contribution in [0.1, 0.15) is 199 Å². The van der Waals surface area contributed by atoms with Gasteiger partial charge < -0.3 is 14.2 Å². The van der Waals surface area contributed by atoms with Crippen LogP contribution in [-0.4, -0.2) is 36.8 Å². The number of rotatable bonds is 30. The highest BCUT2D eigenvalue weighted by Gasteiger charge is 2.38. The van der Waals surface area contributed by atoms with Crippen molar-refractivity contribution in [2.24, 2.45) is 0 Å². The topological polar surface area (TPSA) is 124 Å². The summed E-state index contributed by atoms with van der Waals surface area (Å²) in [5.74, 6) is -1.82. The van der Waals surface area contributed by atoms with Gasteiger partial charge in [-0.05, 0) is 119 Å². The maximum Gasteiger partial charge on any atom is 0.484 e. The smallest absolute Gasteiger partial charge is 0.432 e. The van der Waals surface area contributed by atoms with E-state index >= 15 is 0 Å². The summed E-state index contributed by atoms with van der Waals surface area (Å²) in [5, 5.41) is 0. The fraction of sp³-hybridized carbons (Fsp3) is 0.786. The van der Waals surface area contributed by atoms with Gasteiger partial charge in [-0.1, -0.05) is 96.8 Å². The molecule has 0 bridgehead atoms. The van der Waals surface area contributed by atoms with Crippen LogP contribution in [0, 0.1) is 0 Å². The van der Waals surface area contributed by atoms with Crippen LogP contribution < -0.4 is 0 Å². The first kappa shape index (κ1) is 50.7. The molecule has 10 nitrogen and oxygen atoms in total. The van der Waals surface area contributed by atoms with E-state index in [2.05, 4.69) is 41.5 Å². The molecule has 0 N–H and O–H groups in total. The summed E-state index contributed by atoms with van der Waals surface area (Å²) >= 11 is 0. The Balaban J connectivity index is 6.35. The summed E-state index contributed by atoms with van der Waals surface area (Å²) in [4.78, 5) is 39.7. The molecule has 0 saturated heterocycles. The third kappa shape index (κ3) is 21.4. The molecule has 53 heavy (non-hydrogen) atoms. The van der Waals surface area contributed by atoms with E-state index in [4.69, 9.17) is 27.8 Å². The van der Waals surface area contributed by atoms with Crippen LogP contribution in [0.4, 0.5) is 0 Å². The van der Waals surface area contributed by atoms with Gasteiger partial charge in [-0.15, -0.1) is 0 Å². The first-order chi connectivity index (χ1) is 25.1. The quantitative estimate of drug-likeness (QED) is 0.0229. The Bertz CT molecular complexity index is 1060. The van der Waals surface area contributed by atoms with E-state index in [0.717, 1.165) is 132 Å². The average Bonchev–Trinajstić information content (AvgIpc) is 3.10. The Kier molecular flexibility index (Phi) is 27.8. The highest BCUT2D eigenvalue weighted by Crippen LogP contribution is 2.53. The van der Waals surface area contributed by atoms with Gasteiger partial charge in [-0.2, -0.15) is 0 Å². The van der Waals surface area contributed by atoms with Gasteiger partial charge in [-0.25, -0.2) is 32.5 Å². The number of hydrogen-bond acceptors (Lipinski definition) is 10. The molecule has 0 heterocycles. The lowest BCUT2D eigenvalue weighted by Crippen LogP contribution is -2.26. The molecule has 0 rings (SSSR count). The maximum absolute atomic E-state index is 14.3. The zero-order valence-electron chi connectivity index (χ0n) is 35.5. The summed E-state index contributed by atoms with van der Waals surface area (Å²) in [6.45, 7) is 22.0. The van der Waals surface area contributed by atoms with Crippen LogP contribution in [0.2, 0.25) is 0 Å². The van der Waals surface area contributed by atoms with Gasteiger partial charge in [0.05, 0.1) is 0 Å². The monoisotopic (exact) mass is 771 g/mol. The van der Waals surface area contributed by atoms with Crippen molar-refractivity contribution in [3.8, 4) is 0 Å². The van der Waals surface area contributed by atoms with E-state index in [1.807, 2.05) is 0 Å². The first-order valence-electron chi connectivity index (χ1n) is 20.5. The number of ether oxygens (including phenoxy) is 3. The Morgan fingerprint density at radius 3 is 0.774 bits per heavy atom. The van der Waals surface area contributed by atoms with E-state index in [1.54, 1.807) is 20.8 Å². The number of esters is 3. The van der Waals surface area contributed by atoms with Crippen LogP contribution >= 0.6 is 7.82 Å². The Labute approximate surface area is 322 Å². The van der Waals surface area contributed by atoms with E-state index < -0.39 is 44.6 Å². The largest absolute Gasteiger partial charge is 0.484 e. The maximum atomic E-state index is 14.3. The molecule has 0 spiro atoms. The second kappa shape index (κ2) is 29.1. The van der Waals surface area contributed by atoms with Gasteiger partial charge in [0, 0.05) is 16.7 Å². The van der Waals surface area contributed by atoms with E-state index in [1.165, 1.54) is 20.8 Å². The molecule has 0 aliphatic carbocycles. The molecule has 0 radical (unpaired) electrons. The number of phosphoric acid groups is 1. The standard InChI is InChI=1S/C42H75O10P/c1-13-19-25-37(26-20-14-2)31(7)40(43)47-34(10)50-53(46,51-35(11)48-41(44)32(8)38(27-21-15-3)28-22-16-4)52-36(12)49-42(45)33(9)39(29-23-17-5)30-24-18-6/h34-36H,13-30H2,1-12H3. The van der Waals surface area contributed by atoms with Gasteiger partial charge in [0.25, 0.3) is 0 Å². The molecule has 0 amide bonds. The predicted octanol–water partition coefficient (Wildman–Crippen LogP) is 12.9. The van der Waals surface area contributed by atoms with Crippen LogP contribution in [-0.2, 0) is 46.7 Å². The summed E-state index contributed by atoms with van der Waals surface area (Å²) in [5.41, 5.74) is 4.50. The number of allylic oxidation sites excluding steroid dienone is 3. The van der Waals surface area contributed by atoms with E-state index in [-0.39, 0.29) is 0 Å². The van der Waals surface area contributed by atoms with Gasteiger partial charge in [0.2, 0.25) is 18.9 Å². The lowest BCUT2D eigenvalue weighted by atomic mass is 9.98. The molecule has 0 aliphatic rings. The molecule has 3 unspecified atom stereocenters. The van der Waals surface area contributed by atoms with Crippen LogP contribution in [0.5, 0.6) is 0 Å². The minimum Gasteiger partial charge on any atom is -0.432 e. The number of hydrogen-bond donors (Lipinski definition) is 0. The highest BCUT2D eigenvalue weighted by atomic mass is 31.2. The lowest BCUT2D eigenvalue weighted by Gasteiger charge is -2.27. The van der Waals surface area contributed by atoms with Gasteiger partial charge in [0.15, 0.2) is 0 Å². The average molecular weight is 771 g/mol. The third-order valence-corrected chi connectivity index (χ3v) is 10.8. The molecule has 11 heteroatoms. The van der Waals surface area contributed by atoms with Crippen molar-refractivity contribution >= 4 is 25.7 Å². The van der Waals surface area contributed by atoms with Crippen molar-refractivity contribution in [2.75, 3.05) is 0 Å². The van der Waals surface area contributed by atoms with Crippen LogP contribution in [0.3, 0.4) is 0 Å². The van der Waals surface area contributed by atoms with Crippen molar-refractivity contribution in [1.29, 1.82) is 0 Å².